The first-order valence-corrected chi connectivity index (χ1v) is 10.9. The van der Waals surface area contributed by atoms with Crippen LogP contribution in [0.4, 0.5) is 20.3 Å². The third-order valence-electron chi connectivity index (χ3n) is 5.26. The standard InChI is InChI=1S/C24H19F2N9O/c1-14-3-7-22(32-31-14)29-16-4-5-18-19(10-16)34(13-28-18)23-8-6-20(36-12-21(25)26)24(30-23)35-15(2)9-17(11-27)33-35/h3-10,13,21H,12H2,1-2H3,(H,29,32). The molecule has 0 aliphatic rings. The summed E-state index contributed by atoms with van der Waals surface area (Å²) in [6.45, 7) is 2.79. The Labute approximate surface area is 203 Å². The second-order valence-corrected chi connectivity index (χ2v) is 7.89. The highest BCUT2D eigenvalue weighted by Gasteiger charge is 2.17. The van der Waals surface area contributed by atoms with E-state index in [2.05, 4.69) is 30.6 Å². The quantitative estimate of drug-likeness (QED) is 0.361. The minimum atomic E-state index is -2.66. The maximum absolute atomic E-state index is 12.8. The molecule has 4 aromatic heterocycles. The fourth-order valence-electron chi connectivity index (χ4n) is 3.60. The van der Waals surface area contributed by atoms with Crippen molar-refractivity contribution in [1.29, 1.82) is 5.26 Å². The lowest BCUT2D eigenvalue weighted by atomic mass is 10.2. The van der Waals surface area contributed by atoms with Gasteiger partial charge in [-0.25, -0.2) is 23.4 Å². The molecule has 4 heterocycles. The van der Waals surface area contributed by atoms with Gasteiger partial charge >= 0.3 is 0 Å². The lowest BCUT2D eigenvalue weighted by Gasteiger charge is -2.14. The number of ether oxygens (including phenoxy) is 1. The summed E-state index contributed by atoms with van der Waals surface area (Å²) >= 11 is 0. The molecule has 36 heavy (non-hydrogen) atoms. The summed E-state index contributed by atoms with van der Waals surface area (Å²) in [4.78, 5) is 9.09. The summed E-state index contributed by atoms with van der Waals surface area (Å²) < 4.78 is 34.1. The minimum Gasteiger partial charge on any atom is -0.484 e. The van der Waals surface area contributed by atoms with Gasteiger partial charge in [-0.3, -0.25) is 4.57 Å². The summed E-state index contributed by atoms with van der Waals surface area (Å²) in [5.74, 6) is 1.34. The molecule has 0 saturated carbocycles. The van der Waals surface area contributed by atoms with Crippen LogP contribution in [0.15, 0.2) is 54.9 Å². The Morgan fingerprint density at radius 2 is 1.94 bits per heavy atom. The van der Waals surface area contributed by atoms with Gasteiger partial charge in [0.1, 0.15) is 24.8 Å². The SMILES string of the molecule is Cc1ccc(Nc2ccc3ncn(-c4ccc(OCC(F)F)c(-n5nc(C#N)cc5C)n4)c3c2)nn1. The monoisotopic (exact) mass is 487 g/mol. The number of rotatable bonds is 7. The molecule has 12 heteroatoms. The van der Waals surface area contributed by atoms with Gasteiger partial charge in [-0.15, -0.1) is 5.10 Å². The first-order chi connectivity index (χ1) is 17.4. The van der Waals surface area contributed by atoms with Crippen LogP contribution in [0.25, 0.3) is 22.7 Å². The van der Waals surface area contributed by atoms with Crippen LogP contribution < -0.4 is 10.1 Å². The summed E-state index contributed by atoms with van der Waals surface area (Å²) in [5.41, 5.74) is 3.81. The van der Waals surface area contributed by atoms with Gasteiger partial charge in [0.05, 0.1) is 16.7 Å². The smallest absolute Gasteiger partial charge is 0.272 e. The number of anilines is 2. The fraction of sp³-hybridized carbons (Fsp3) is 0.167. The van der Waals surface area contributed by atoms with E-state index in [1.165, 1.54) is 4.68 Å². The van der Waals surface area contributed by atoms with Gasteiger partial charge in [0.2, 0.25) is 0 Å². The van der Waals surface area contributed by atoms with E-state index in [0.29, 0.717) is 17.3 Å². The molecule has 0 spiro atoms. The summed E-state index contributed by atoms with van der Waals surface area (Å²) in [7, 11) is 0. The van der Waals surface area contributed by atoms with Crippen LogP contribution in [0.2, 0.25) is 0 Å². The number of aryl methyl sites for hydroxylation is 2. The number of fused-ring (bicyclic) bond motifs is 1. The maximum atomic E-state index is 12.8. The molecule has 0 fully saturated rings. The van der Waals surface area contributed by atoms with Crippen LogP contribution in [0.5, 0.6) is 5.75 Å². The predicted molar refractivity (Wildman–Crippen MR) is 127 cm³/mol. The number of halogens is 2. The van der Waals surface area contributed by atoms with E-state index in [4.69, 9.17) is 4.74 Å². The lowest BCUT2D eigenvalue weighted by molar-refractivity contribution is 0.0816. The van der Waals surface area contributed by atoms with Crippen molar-refractivity contribution >= 4 is 22.5 Å². The Morgan fingerprint density at radius 3 is 2.67 bits per heavy atom. The van der Waals surface area contributed by atoms with E-state index in [0.717, 1.165) is 22.4 Å². The van der Waals surface area contributed by atoms with Gasteiger partial charge in [0.25, 0.3) is 6.43 Å². The van der Waals surface area contributed by atoms with E-state index in [9.17, 15) is 14.0 Å². The first-order valence-electron chi connectivity index (χ1n) is 10.9. The molecule has 0 unspecified atom stereocenters. The molecule has 1 N–H and O–H groups in total. The highest BCUT2D eigenvalue weighted by molar-refractivity contribution is 5.82. The molecule has 0 saturated heterocycles. The molecule has 1 aromatic carbocycles. The first kappa shape index (κ1) is 22.9. The Balaban J connectivity index is 1.57. The Kier molecular flexibility index (Phi) is 5.95. The van der Waals surface area contributed by atoms with Gasteiger partial charge in [-0.1, -0.05) is 0 Å². The highest BCUT2D eigenvalue weighted by Crippen LogP contribution is 2.27. The molecule has 0 radical (unpaired) electrons. The average Bonchev–Trinajstić information content (AvgIpc) is 3.47. The number of nitriles is 1. The zero-order chi connectivity index (χ0) is 25.2. The van der Waals surface area contributed by atoms with Crippen molar-refractivity contribution in [2.75, 3.05) is 11.9 Å². The second-order valence-electron chi connectivity index (χ2n) is 7.89. The number of alkyl halides is 2. The van der Waals surface area contributed by atoms with Gasteiger partial charge in [-0.2, -0.15) is 15.5 Å². The van der Waals surface area contributed by atoms with Crippen LogP contribution in [0.1, 0.15) is 17.1 Å². The molecule has 10 nitrogen and oxygen atoms in total. The molecular weight excluding hydrogens is 468 g/mol. The minimum absolute atomic E-state index is 0.111. The van der Waals surface area contributed by atoms with Crippen LogP contribution >= 0.6 is 0 Å². The van der Waals surface area contributed by atoms with Gasteiger partial charge in [0, 0.05) is 11.4 Å². The summed E-state index contributed by atoms with van der Waals surface area (Å²) in [6.07, 6.45) is -1.05. The number of nitrogens with zero attached hydrogens (tertiary/aromatic N) is 8. The van der Waals surface area contributed by atoms with Crippen molar-refractivity contribution in [2.45, 2.75) is 20.3 Å². The van der Waals surface area contributed by atoms with E-state index >= 15 is 0 Å². The molecule has 0 atom stereocenters. The van der Waals surface area contributed by atoms with Crippen LogP contribution in [-0.2, 0) is 0 Å². The zero-order valence-corrected chi connectivity index (χ0v) is 19.2. The fourth-order valence-corrected chi connectivity index (χ4v) is 3.60. The molecule has 0 aliphatic heterocycles. The number of hydrogen-bond donors (Lipinski definition) is 1. The largest absolute Gasteiger partial charge is 0.484 e. The third kappa shape index (κ3) is 4.54. The zero-order valence-electron chi connectivity index (χ0n) is 19.2. The molecule has 5 rings (SSSR count). The van der Waals surface area contributed by atoms with Gasteiger partial charge in [0.15, 0.2) is 23.1 Å². The average molecular weight is 487 g/mol. The van der Waals surface area contributed by atoms with Crippen molar-refractivity contribution in [2.24, 2.45) is 0 Å². The molecule has 0 aliphatic carbocycles. The van der Waals surface area contributed by atoms with E-state index in [-0.39, 0.29) is 17.3 Å². The van der Waals surface area contributed by atoms with Gasteiger partial charge in [-0.05, 0) is 62.4 Å². The molecular formula is C24H19F2N9O. The van der Waals surface area contributed by atoms with Crippen molar-refractivity contribution in [3.8, 4) is 23.5 Å². The Hall–Kier alpha value is -4.92. The van der Waals surface area contributed by atoms with E-state index < -0.39 is 13.0 Å². The third-order valence-corrected chi connectivity index (χ3v) is 5.26. The summed E-state index contributed by atoms with van der Waals surface area (Å²) in [6, 6.07) is 16.0. The van der Waals surface area contributed by atoms with Crippen molar-refractivity contribution in [3.63, 3.8) is 0 Å². The van der Waals surface area contributed by atoms with E-state index in [1.807, 2.05) is 43.3 Å². The van der Waals surface area contributed by atoms with Crippen molar-refractivity contribution in [3.05, 3.63) is 71.9 Å². The molecule has 0 bridgehead atoms. The van der Waals surface area contributed by atoms with Crippen molar-refractivity contribution in [1.82, 2.24) is 34.5 Å². The van der Waals surface area contributed by atoms with Crippen LogP contribution in [-0.4, -0.2) is 47.5 Å². The summed E-state index contributed by atoms with van der Waals surface area (Å²) in [5, 5.41) is 24.8. The molecule has 180 valence electrons. The van der Waals surface area contributed by atoms with Crippen molar-refractivity contribution < 1.29 is 13.5 Å². The number of pyridine rings is 1. The number of hydrogen-bond acceptors (Lipinski definition) is 8. The Bertz CT molecular complexity index is 1590. The predicted octanol–water partition coefficient (Wildman–Crippen LogP) is 4.27. The lowest BCUT2D eigenvalue weighted by Crippen LogP contribution is -2.12. The second kappa shape index (κ2) is 9.38. The van der Waals surface area contributed by atoms with Crippen LogP contribution in [0, 0.1) is 25.2 Å². The number of benzene rings is 1. The number of nitrogens with one attached hydrogen (secondary N) is 1. The normalized spacial score (nSPS) is 11.1. The molecule has 0 amide bonds. The van der Waals surface area contributed by atoms with Gasteiger partial charge < -0.3 is 10.1 Å². The molecule has 5 aromatic rings. The maximum Gasteiger partial charge on any atom is 0.272 e. The van der Waals surface area contributed by atoms with E-state index in [1.54, 1.807) is 36.0 Å². The number of aromatic nitrogens is 7. The topological polar surface area (TPSA) is 119 Å². The highest BCUT2D eigenvalue weighted by atomic mass is 19.3. The Morgan fingerprint density at radius 1 is 1.08 bits per heavy atom. The number of imidazole rings is 1. The van der Waals surface area contributed by atoms with Crippen LogP contribution in [0.3, 0.4) is 0 Å².